The smallest absolute Gasteiger partial charge is 0.244 e. The summed E-state index contributed by atoms with van der Waals surface area (Å²) in [7, 11) is 0. The van der Waals surface area contributed by atoms with Crippen LogP contribution in [0.3, 0.4) is 0 Å². The molecule has 1 saturated carbocycles. The maximum absolute atomic E-state index is 11.6. The first-order chi connectivity index (χ1) is 7.01. The minimum Gasteiger partial charge on any atom is -0.506 e. The van der Waals surface area contributed by atoms with Crippen molar-refractivity contribution in [1.29, 1.82) is 0 Å². The number of nitrogens with two attached hydrogens (primary N) is 1. The van der Waals surface area contributed by atoms with Crippen molar-refractivity contribution in [2.75, 3.05) is 5.32 Å². The van der Waals surface area contributed by atoms with Gasteiger partial charge < -0.3 is 16.2 Å². The zero-order valence-electron chi connectivity index (χ0n) is 8.99. The summed E-state index contributed by atoms with van der Waals surface area (Å²) in [5.41, 5.74) is 6.38. The molecule has 2 rings (SSSR count). The van der Waals surface area contributed by atoms with Crippen LogP contribution in [0.1, 0.15) is 18.4 Å². The normalized spacial score (nSPS) is 16.1. The fourth-order valence-corrected chi connectivity index (χ4v) is 1.36. The molecule has 88 valence electrons. The second-order valence-corrected chi connectivity index (χ2v) is 4.13. The van der Waals surface area contributed by atoms with E-state index in [4.69, 9.17) is 5.73 Å². The van der Waals surface area contributed by atoms with E-state index in [0.29, 0.717) is 18.5 Å². The van der Waals surface area contributed by atoms with Crippen LogP contribution in [-0.2, 0) is 4.79 Å². The summed E-state index contributed by atoms with van der Waals surface area (Å²) >= 11 is 0. The van der Waals surface area contributed by atoms with Gasteiger partial charge in [0.1, 0.15) is 5.75 Å². The molecule has 0 aromatic heterocycles. The third kappa shape index (κ3) is 2.46. The monoisotopic (exact) mass is 242 g/mol. The Morgan fingerprint density at radius 3 is 2.62 bits per heavy atom. The van der Waals surface area contributed by atoms with Gasteiger partial charge in [-0.2, -0.15) is 0 Å². The average Bonchev–Trinajstić information content (AvgIpc) is 2.90. The summed E-state index contributed by atoms with van der Waals surface area (Å²) in [5, 5.41) is 12.2. The highest BCUT2D eigenvalue weighted by molar-refractivity contribution is 6.00. The Morgan fingerprint density at radius 1 is 1.50 bits per heavy atom. The molecule has 0 unspecified atom stereocenters. The Hall–Kier alpha value is -1.26. The lowest BCUT2D eigenvalue weighted by molar-refractivity contribution is -0.118. The number of aromatic hydroxyl groups is 1. The largest absolute Gasteiger partial charge is 0.506 e. The number of hydrogen-bond donors (Lipinski definition) is 3. The van der Waals surface area contributed by atoms with E-state index in [9.17, 15) is 9.90 Å². The summed E-state index contributed by atoms with van der Waals surface area (Å²) in [6.45, 7) is 1.87. The van der Waals surface area contributed by atoms with Crippen LogP contribution in [0.4, 0.5) is 5.69 Å². The Kier molecular flexibility index (Phi) is 3.45. The number of halogens is 1. The highest BCUT2D eigenvalue weighted by atomic mass is 35.5. The molecule has 0 spiro atoms. The molecule has 1 aromatic carbocycles. The molecule has 0 heterocycles. The predicted molar refractivity (Wildman–Crippen MR) is 64.9 cm³/mol. The molecule has 0 radical (unpaired) electrons. The summed E-state index contributed by atoms with van der Waals surface area (Å²) in [6.07, 6.45) is 1.43. The van der Waals surface area contributed by atoms with Crippen molar-refractivity contribution in [3.63, 3.8) is 0 Å². The molecular formula is C11H15ClN2O2. The van der Waals surface area contributed by atoms with E-state index in [1.54, 1.807) is 12.1 Å². The maximum Gasteiger partial charge on any atom is 0.244 e. The third-order valence-corrected chi connectivity index (χ3v) is 2.64. The van der Waals surface area contributed by atoms with Crippen molar-refractivity contribution in [3.05, 3.63) is 23.8 Å². The molecular weight excluding hydrogens is 228 g/mol. The third-order valence-electron chi connectivity index (χ3n) is 2.64. The average molecular weight is 243 g/mol. The van der Waals surface area contributed by atoms with Gasteiger partial charge in [-0.25, -0.2) is 0 Å². The molecule has 1 fully saturated rings. The molecule has 5 heteroatoms. The fourth-order valence-electron chi connectivity index (χ4n) is 1.36. The molecule has 0 saturated heterocycles. The van der Waals surface area contributed by atoms with E-state index in [-0.39, 0.29) is 24.1 Å². The Labute approximate surface area is 100 Å². The van der Waals surface area contributed by atoms with Gasteiger partial charge in [-0.15, -0.1) is 12.4 Å². The quantitative estimate of drug-likeness (QED) is 0.689. The second-order valence-electron chi connectivity index (χ2n) is 4.13. The minimum absolute atomic E-state index is 0. The number of phenolic OH excluding ortho intramolecular Hbond substituents is 1. The van der Waals surface area contributed by atoms with Crippen molar-refractivity contribution in [2.45, 2.75) is 25.3 Å². The first-order valence-corrected chi connectivity index (χ1v) is 4.91. The van der Waals surface area contributed by atoms with Crippen molar-refractivity contribution in [1.82, 2.24) is 0 Å². The van der Waals surface area contributed by atoms with Crippen LogP contribution >= 0.6 is 12.4 Å². The molecule has 0 bridgehead atoms. The molecule has 4 nitrogen and oxygen atoms in total. The summed E-state index contributed by atoms with van der Waals surface area (Å²) in [6, 6.07) is 5.10. The van der Waals surface area contributed by atoms with E-state index in [1.807, 2.05) is 13.0 Å². The van der Waals surface area contributed by atoms with E-state index in [0.717, 1.165) is 5.56 Å². The van der Waals surface area contributed by atoms with Gasteiger partial charge in [0.05, 0.1) is 11.2 Å². The zero-order valence-corrected chi connectivity index (χ0v) is 9.80. The van der Waals surface area contributed by atoms with Crippen LogP contribution in [0.5, 0.6) is 5.75 Å². The van der Waals surface area contributed by atoms with Gasteiger partial charge in [-0.05, 0) is 37.5 Å². The molecule has 0 aliphatic heterocycles. The number of benzene rings is 1. The lowest BCUT2D eigenvalue weighted by atomic mass is 10.2. The Bertz CT molecular complexity index is 416. The lowest BCUT2D eigenvalue weighted by Crippen LogP contribution is -2.37. The fraction of sp³-hybridized carbons (Fsp3) is 0.364. The number of carbonyl (C=O) groups is 1. The molecule has 1 aliphatic carbocycles. The molecule has 4 N–H and O–H groups in total. The van der Waals surface area contributed by atoms with Crippen LogP contribution in [0.15, 0.2) is 18.2 Å². The molecule has 16 heavy (non-hydrogen) atoms. The van der Waals surface area contributed by atoms with Gasteiger partial charge >= 0.3 is 0 Å². The number of nitrogens with one attached hydrogen (secondary N) is 1. The summed E-state index contributed by atoms with van der Waals surface area (Å²) < 4.78 is 0. The van der Waals surface area contributed by atoms with Crippen molar-refractivity contribution in [3.8, 4) is 5.75 Å². The molecule has 1 aliphatic rings. The number of amides is 1. The predicted octanol–water partition coefficient (Wildman–Crippen LogP) is 1.55. The van der Waals surface area contributed by atoms with Gasteiger partial charge in [-0.3, -0.25) is 4.79 Å². The van der Waals surface area contributed by atoms with Gasteiger partial charge in [0.15, 0.2) is 0 Å². The van der Waals surface area contributed by atoms with Gasteiger partial charge in [0.25, 0.3) is 0 Å². The van der Waals surface area contributed by atoms with Crippen LogP contribution in [0, 0.1) is 6.92 Å². The van der Waals surface area contributed by atoms with E-state index < -0.39 is 5.54 Å². The lowest BCUT2D eigenvalue weighted by Gasteiger charge is -2.11. The number of rotatable bonds is 2. The van der Waals surface area contributed by atoms with Gasteiger partial charge in [0.2, 0.25) is 5.91 Å². The Morgan fingerprint density at radius 2 is 2.12 bits per heavy atom. The van der Waals surface area contributed by atoms with Crippen LogP contribution < -0.4 is 11.1 Å². The topological polar surface area (TPSA) is 75.4 Å². The maximum atomic E-state index is 11.6. The summed E-state index contributed by atoms with van der Waals surface area (Å²) in [4.78, 5) is 11.6. The van der Waals surface area contributed by atoms with E-state index in [2.05, 4.69) is 5.32 Å². The first kappa shape index (κ1) is 12.8. The molecule has 1 amide bonds. The van der Waals surface area contributed by atoms with Crippen molar-refractivity contribution < 1.29 is 9.90 Å². The van der Waals surface area contributed by atoms with Gasteiger partial charge in [-0.1, -0.05) is 6.07 Å². The van der Waals surface area contributed by atoms with E-state index >= 15 is 0 Å². The highest BCUT2D eigenvalue weighted by Crippen LogP contribution is 2.34. The number of phenols is 1. The zero-order chi connectivity index (χ0) is 11.1. The Balaban J connectivity index is 0.00000128. The first-order valence-electron chi connectivity index (χ1n) is 4.91. The number of carbonyl (C=O) groups excluding carboxylic acids is 1. The highest BCUT2D eigenvalue weighted by Gasteiger charge is 2.46. The second kappa shape index (κ2) is 4.31. The molecule has 1 aromatic rings. The van der Waals surface area contributed by atoms with Crippen LogP contribution in [0.2, 0.25) is 0 Å². The summed E-state index contributed by atoms with van der Waals surface area (Å²) in [5.74, 6) is -0.144. The minimum atomic E-state index is -0.711. The van der Waals surface area contributed by atoms with Crippen LogP contribution in [-0.4, -0.2) is 16.6 Å². The van der Waals surface area contributed by atoms with Gasteiger partial charge in [0, 0.05) is 0 Å². The van der Waals surface area contributed by atoms with Crippen LogP contribution in [0.25, 0.3) is 0 Å². The number of hydrogen-bond acceptors (Lipinski definition) is 3. The van der Waals surface area contributed by atoms with Crippen molar-refractivity contribution >= 4 is 24.0 Å². The van der Waals surface area contributed by atoms with E-state index in [1.165, 1.54) is 0 Å². The number of aryl methyl sites for hydroxylation is 1. The SMILES string of the molecule is Cc1ccc(NC(=O)C2(N)CC2)c(O)c1.Cl. The number of anilines is 1. The van der Waals surface area contributed by atoms with Crippen molar-refractivity contribution in [2.24, 2.45) is 5.73 Å². The molecule has 0 atom stereocenters. The standard InChI is InChI=1S/C11H14N2O2.ClH/c1-7-2-3-8(9(14)6-7)13-10(15)11(12)4-5-11;/h2-3,6,14H,4-5,12H2,1H3,(H,13,15);1H.